The molecule has 0 radical (unpaired) electrons. The summed E-state index contributed by atoms with van der Waals surface area (Å²) in [5.41, 5.74) is 1.16. The number of nitrogens with zero attached hydrogens (tertiary/aromatic N) is 2. The summed E-state index contributed by atoms with van der Waals surface area (Å²) in [6, 6.07) is 5.32. The van der Waals surface area contributed by atoms with Crippen molar-refractivity contribution in [3.63, 3.8) is 0 Å². The van der Waals surface area contributed by atoms with E-state index in [9.17, 15) is 10.1 Å². The number of nitrogens with one attached hydrogen (secondary N) is 1. The molecule has 1 aliphatic rings. The van der Waals surface area contributed by atoms with E-state index in [1.165, 1.54) is 25.9 Å². The number of non-ortho nitro benzene ring substituents is 1. The number of hydrogen-bond acceptors (Lipinski definition) is 4. The van der Waals surface area contributed by atoms with Gasteiger partial charge in [-0.2, -0.15) is 0 Å². The normalized spacial score (nSPS) is 17.3. The number of halogens is 1. The Morgan fingerprint density at radius 1 is 1.45 bits per heavy atom. The van der Waals surface area contributed by atoms with Crippen molar-refractivity contribution < 1.29 is 4.92 Å². The van der Waals surface area contributed by atoms with Gasteiger partial charge in [-0.1, -0.05) is 15.9 Å². The average Bonchev–Trinajstić information content (AvgIpc) is 2.90. The van der Waals surface area contributed by atoms with Gasteiger partial charge < -0.3 is 10.2 Å². The van der Waals surface area contributed by atoms with Gasteiger partial charge in [-0.3, -0.25) is 10.1 Å². The largest absolute Gasteiger partial charge is 0.309 e. The fraction of sp³-hybridized carbons (Fsp3) is 0.571. The van der Waals surface area contributed by atoms with Gasteiger partial charge in [-0.25, -0.2) is 0 Å². The van der Waals surface area contributed by atoms with E-state index < -0.39 is 0 Å². The van der Waals surface area contributed by atoms with Crippen LogP contribution in [0, 0.1) is 10.1 Å². The van der Waals surface area contributed by atoms with Gasteiger partial charge in [0.2, 0.25) is 0 Å². The van der Waals surface area contributed by atoms with Crippen LogP contribution in [0.2, 0.25) is 0 Å². The van der Waals surface area contributed by atoms with Crippen LogP contribution < -0.4 is 5.32 Å². The van der Waals surface area contributed by atoms with Gasteiger partial charge in [0.05, 0.1) is 4.92 Å². The van der Waals surface area contributed by atoms with E-state index in [1.807, 2.05) is 0 Å². The lowest BCUT2D eigenvalue weighted by atomic mass is 10.2. The van der Waals surface area contributed by atoms with Gasteiger partial charge in [-0.15, -0.1) is 0 Å². The standard InChI is InChI=1S/C14H20BrN3O2/c1-11(10-17-6-2-3-7-17)16-9-12-4-5-13(18(19)20)8-14(12)15/h4-5,8,11,16H,2-3,6-7,9-10H2,1H3. The lowest BCUT2D eigenvalue weighted by Gasteiger charge is -2.21. The first-order valence-electron chi connectivity index (χ1n) is 6.95. The summed E-state index contributed by atoms with van der Waals surface area (Å²) in [5, 5.41) is 14.2. The topological polar surface area (TPSA) is 58.4 Å². The molecule has 0 amide bonds. The highest BCUT2D eigenvalue weighted by Crippen LogP contribution is 2.23. The third-order valence-electron chi connectivity index (χ3n) is 3.62. The Balaban J connectivity index is 1.85. The zero-order chi connectivity index (χ0) is 14.5. The van der Waals surface area contributed by atoms with Crippen LogP contribution in [0.3, 0.4) is 0 Å². The molecule has 0 aliphatic carbocycles. The van der Waals surface area contributed by atoms with Gasteiger partial charge in [0.15, 0.2) is 0 Å². The molecule has 0 saturated carbocycles. The van der Waals surface area contributed by atoms with Gasteiger partial charge in [0.25, 0.3) is 5.69 Å². The average molecular weight is 342 g/mol. The summed E-state index contributed by atoms with van der Waals surface area (Å²) in [7, 11) is 0. The lowest BCUT2D eigenvalue weighted by molar-refractivity contribution is -0.384. The molecular formula is C14H20BrN3O2. The Bertz CT molecular complexity index is 475. The van der Waals surface area contributed by atoms with Gasteiger partial charge in [0.1, 0.15) is 0 Å². The predicted molar refractivity (Wildman–Crippen MR) is 82.8 cm³/mol. The summed E-state index contributed by atoms with van der Waals surface area (Å²) in [4.78, 5) is 12.8. The van der Waals surface area contributed by atoms with Crippen molar-refractivity contribution in [3.8, 4) is 0 Å². The van der Waals surface area contributed by atoms with Crippen LogP contribution >= 0.6 is 15.9 Å². The number of likely N-dealkylation sites (tertiary alicyclic amines) is 1. The van der Waals surface area contributed by atoms with E-state index in [1.54, 1.807) is 18.2 Å². The molecule has 1 aromatic carbocycles. The van der Waals surface area contributed by atoms with Crippen molar-refractivity contribution in [2.45, 2.75) is 32.4 Å². The van der Waals surface area contributed by atoms with Crippen molar-refractivity contribution in [1.82, 2.24) is 10.2 Å². The quantitative estimate of drug-likeness (QED) is 0.638. The minimum atomic E-state index is -0.377. The minimum Gasteiger partial charge on any atom is -0.309 e. The highest BCUT2D eigenvalue weighted by atomic mass is 79.9. The van der Waals surface area contributed by atoms with Crippen LogP contribution in [0.25, 0.3) is 0 Å². The number of hydrogen-bond donors (Lipinski definition) is 1. The molecule has 0 bridgehead atoms. The summed E-state index contributed by atoms with van der Waals surface area (Å²) in [5.74, 6) is 0. The van der Waals surface area contributed by atoms with E-state index in [4.69, 9.17) is 0 Å². The van der Waals surface area contributed by atoms with Crippen molar-refractivity contribution in [1.29, 1.82) is 0 Å². The van der Waals surface area contributed by atoms with Crippen LogP contribution in [0.15, 0.2) is 22.7 Å². The molecular weight excluding hydrogens is 322 g/mol. The molecule has 1 atom stereocenters. The minimum absolute atomic E-state index is 0.116. The first-order valence-corrected chi connectivity index (χ1v) is 7.74. The smallest absolute Gasteiger partial charge is 0.270 e. The number of nitro groups is 1. The summed E-state index contributed by atoms with van der Waals surface area (Å²) in [6.07, 6.45) is 2.61. The predicted octanol–water partition coefficient (Wildman–Crippen LogP) is 2.93. The van der Waals surface area contributed by atoms with E-state index in [-0.39, 0.29) is 10.6 Å². The molecule has 1 N–H and O–H groups in total. The van der Waals surface area contributed by atoms with Crippen LogP contribution in [-0.4, -0.2) is 35.5 Å². The maximum absolute atomic E-state index is 10.7. The first kappa shape index (κ1) is 15.4. The Kier molecular flexibility index (Phi) is 5.51. The molecule has 1 aromatic rings. The molecule has 5 nitrogen and oxygen atoms in total. The van der Waals surface area contributed by atoms with Gasteiger partial charge in [-0.05, 0) is 44.5 Å². The second-order valence-corrected chi connectivity index (χ2v) is 6.18. The van der Waals surface area contributed by atoms with Crippen molar-refractivity contribution in [2.24, 2.45) is 0 Å². The molecule has 20 heavy (non-hydrogen) atoms. The molecule has 1 fully saturated rings. The zero-order valence-electron chi connectivity index (χ0n) is 11.6. The maximum atomic E-state index is 10.7. The third-order valence-corrected chi connectivity index (χ3v) is 4.36. The Hall–Kier alpha value is -0.980. The van der Waals surface area contributed by atoms with E-state index in [0.29, 0.717) is 12.6 Å². The lowest BCUT2D eigenvalue weighted by Crippen LogP contribution is -2.37. The molecule has 1 aliphatic heterocycles. The second kappa shape index (κ2) is 7.15. The van der Waals surface area contributed by atoms with E-state index in [0.717, 1.165) is 16.6 Å². The van der Waals surface area contributed by atoms with E-state index >= 15 is 0 Å². The Labute approximate surface area is 127 Å². The second-order valence-electron chi connectivity index (χ2n) is 5.32. The molecule has 1 heterocycles. The summed E-state index contributed by atoms with van der Waals surface area (Å²) >= 11 is 3.40. The number of nitro benzene ring substituents is 1. The Morgan fingerprint density at radius 3 is 2.75 bits per heavy atom. The maximum Gasteiger partial charge on any atom is 0.270 e. The zero-order valence-corrected chi connectivity index (χ0v) is 13.2. The fourth-order valence-electron chi connectivity index (χ4n) is 2.49. The van der Waals surface area contributed by atoms with Crippen molar-refractivity contribution >= 4 is 21.6 Å². The van der Waals surface area contributed by atoms with E-state index in [2.05, 4.69) is 33.1 Å². The van der Waals surface area contributed by atoms with Crippen LogP contribution in [0.5, 0.6) is 0 Å². The van der Waals surface area contributed by atoms with Crippen molar-refractivity contribution in [2.75, 3.05) is 19.6 Å². The number of benzene rings is 1. The molecule has 110 valence electrons. The fourth-order valence-corrected chi connectivity index (χ4v) is 3.00. The van der Waals surface area contributed by atoms with Crippen LogP contribution in [0.4, 0.5) is 5.69 Å². The van der Waals surface area contributed by atoms with Gasteiger partial charge >= 0.3 is 0 Å². The molecule has 0 aromatic heterocycles. The number of rotatable bonds is 6. The molecule has 6 heteroatoms. The van der Waals surface area contributed by atoms with Crippen LogP contribution in [0.1, 0.15) is 25.3 Å². The van der Waals surface area contributed by atoms with Gasteiger partial charge in [0, 0.05) is 35.7 Å². The molecule has 1 saturated heterocycles. The molecule has 2 rings (SSSR count). The third kappa shape index (κ3) is 4.26. The Morgan fingerprint density at radius 2 is 2.15 bits per heavy atom. The molecule has 1 unspecified atom stereocenters. The highest BCUT2D eigenvalue weighted by molar-refractivity contribution is 9.10. The monoisotopic (exact) mass is 341 g/mol. The van der Waals surface area contributed by atoms with Crippen molar-refractivity contribution in [3.05, 3.63) is 38.3 Å². The summed E-state index contributed by atoms with van der Waals surface area (Å²) < 4.78 is 0.785. The first-order chi connectivity index (χ1) is 9.56. The molecule has 0 spiro atoms. The highest BCUT2D eigenvalue weighted by Gasteiger charge is 2.15. The summed E-state index contributed by atoms with van der Waals surface area (Å²) in [6.45, 7) is 6.36. The SMILES string of the molecule is CC(CN1CCCC1)NCc1ccc([N+](=O)[O-])cc1Br. The van der Waals surface area contributed by atoms with Crippen LogP contribution in [-0.2, 0) is 6.54 Å².